The number of nitrogens with zero attached hydrogens (tertiary/aromatic N) is 6. The molecule has 4 fully saturated rings. The lowest BCUT2D eigenvalue weighted by Gasteiger charge is -2.43. The molecule has 3 aromatic rings. The number of hydrogen-bond acceptors (Lipinski definition) is 10. The first-order valence-electron chi connectivity index (χ1n) is 16.4. The fourth-order valence-electron chi connectivity index (χ4n) is 7.29. The third-order valence-corrected chi connectivity index (χ3v) is 10.2. The van der Waals surface area contributed by atoms with Crippen molar-refractivity contribution in [2.75, 3.05) is 75.1 Å². The molecule has 238 valence electrons. The van der Waals surface area contributed by atoms with Crippen LogP contribution in [0.25, 0.3) is 11.4 Å². The van der Waals surface area contributed by atoms with Gasteiger partial charge in [-0.05, 0) is 82.0 Å². The second-order valence-electron chi connectivity index (χ2n) is 13.3. The molecule has 2 aromatic heterocycles. The normalized spacial score (nSPS) is 22.4. The van der Waals surface area contributed by atoms with E-state index in [1.54, 1.807) is 6.20 Å². The smallest absolute Gasteiger partial charge is 0.271 e. The molecule has 3 aliphatic heterocycles. The lowest BCUT2D eigenvalue weighted by Crippen LogP contribution is -2.52. The highest BCUT2D eigenvalue weighted by molar-refractivity contribution is 5.97. The minimum absolute atomic E-state index is 0.0852. The number of benzene rings is 1. The van der Waals surface area contributed by atoms with Crippen LogP contribution in [-0.4, -0.2) is 102 Å². The van der Waals surface area contributed by atoms with Crippen molar-refractivity contribution in [2.45, 2.75) is 51.1 Å². The molecule has 1 aliphatic carbocycles. The molecule has 4 N–H and O–H groups in total. The fourth-order valence-corrected chi connectivity index (χ4v) is 7.29. The predicted octanol–water partition coefficient (Wildman–Crippen LogP) is 3.89. The van der Waals surface area contributed by atoms with Crippen molar-refractivity contribution in [1.29, 1.82) is 0 Å². The van der Waals surface area contributed by atoms with Gasteiger partial charge in [0.05, 0.1) is 12.3 Å². The van der Waals surface area contributed by atoms with Gasteiger partial charge in [-0.3, -0.25) is 14.7 Å². The highest BCUT2D eigenvalue weighted by Crippen LogP contribution is 2.52. The van der Waals surface area contributed by atoms with Crippen LogP contribution >= 0.6 is 0 Å². The van der Waals surface area contributed by atoms with Crippen LogP contribution in [0.1, 0.15) is 48.2 Å². The Morgan fingerprint density at radius 1 is 1.00 bits per heavy atom. The molecule has 1 spiro atoms. The lowest BCUT2D eigenvalue weighted by molar-refractivity contribution is 0.0351. The van der Waals surface area contributed by atoms with Gasteiger partial charge in [-0.15, -0.1) is 0 Å². The molecule has 1 aromatic carbocycles. The quantitative estimate of drug-likeness (QED) is 0.346. The largest absolute Gasteiger partial charge is 0.381 e. The van der Waals surface area contributed by atoms with E-state index in [2.05, 4.69) is 62.5 Å². The molecule has 11 nitrogen and oxygen atoms in total. The summed E-state index contributed by atoms with van der Waals surface area (Å²) in [5.74, 6) is 0.285. The number of anilines is 4. The molecule has 1 amide bonds. The number of pyridine rings is 1. The number of carbonyl (C=O) groups excluding carboxylic acids is 1. The lowest BCUT2D eigenvalue weighted by atomic mass is 9.92. The Morgan fingerprint density at radius 3 is 2.49 bits per heavy atom. The highest BCUT2D eigenvalue weighted by atomic mass is 16.5. The number of piperidine rings is 1. The van der Waals surface area contributed by atoms with Crippen molar-refractivity contribution in [2.24, 2.45) is 11.1 Å². The Kier molecular flexibility index (Phi) is 8.32. The van der Waals surface area contributed by atoms with Crippen molar-refractivity contribution >= 4 is 28.9 Å². The van der Waals surface area contributed by atoms with Crippen LogP contribution in [0.3, 0.4) is 0 Å². The Morgan fingerprint density at radius 2 is 1.80 bits per heavy atom. The highest BCUT2D eigenvalue weighted by Gasteiger charge is 2.51. The molecule has 1 atom stereocenters. The van der Waals surface area contributed by atoms with E-state index in [-0.39, 0.29) is 17.2 Å². The molecule has 0 bridgehead atoms. The monoisotopic (exact) mass is 611 g/mol. The molecule has 4 aliphatic rings. The van der Waals surface area contributed by atoms with Gasteiger partial charge >= 0.3 is 0 Å². The van der Waals surface area contributed by atoms with E-state index in [9.17, 15) is 4.79 Å². The van der Waals surface area contributed by atoms with Gasteiger partial charge in [0.2, 0.25) is 0 Å². The van der Waals surface area contributed by atoms with Crippen molar-refractivity contribution in [1.82, 2.24) is 24.8 Å². The molecule has 45 heavy (non-hydrogen) atoms. The maximum atomic E-state index is 12.7. The van der Waals surface area contributed by atoms with Crippen LogP contribution in [0, 0.1) is 12.3 Å². The number of rotatable bonds is 8. The van der Waals surface area contributed by atoms with Gasteiger partial charge in [0.1, 0.15) is 5.69 Å². The summed E-state index contributed by atoms with van der Waals surface area (Å²) >= 11 is 0. The van der Waals surface area contributed by atoms with Crippen LogP contribution in [0.5, 0.6) is 0 Å². The molecule has 0 radical (unpaired) electrons. The van der Waals surface area contributed by atoms with Gasteiger partial charge in [0.15, 0.2) is 17.3 Å². The molecule has 1 unspecified atom stereocenters. The first-order valence-corrected chi connectivity index (χ1v) is 16.4. The molecular formula is C34H45N9O2. The standard InChI is InChI=1S/C34H45N9O2/c1-23-21-24(6-7-27(23)43-14-8-25(9-15-43)42-18-16-41(2)17-19-42)37-33-30(31(35)44)39-29(26-5-3-4-13-36-26)32(40-33)38-28-10-20-45-22-34(28)11-12-34/h3-7,13,21,25,28H,8-12,14-20,22H2,1-2H3,(H2,35,44)(H2,37,38,40). The molecule has 1 saturated carbocycles. The molecular weight excluding hydrogens is 566 g/mol. The minimum Gasteiger partial charge on any atom is -0.381 e. The summed E-state index contributed by atoms with van der Waals surface area (Å²) in [7, 11) is 2.21. The van der Waals surface area contributed by atoms with Crippen LogP contribution in [-0.2, 0) is 4.74 Å². The fraction of sp³-hybridized carbons (Fsp3) is 0.529. The maximum Gasteiger partial charge on any atom is 0.271 e. The number of aromatic nitrogens is 3. The summed E-state index contributed by atoms with van der Waals surface area (Å²) in [4.78, 5) is 34.6. The van der Waals surface area contributed by atoms with E-state index in [1.807, 2.05) is 18.2 Å². The summed E-state index contributed by atoms with van der Waals surface area (Å²) in [6.45, 7) is 10.4. The molecule has 11 heteroatoms. The average molecular weight is 612 g/mol. The number of aryl methyl sites for hydroxylation is 1. The van der Waals surface area contributed by atoms with Crippen molar-refractivity contribution < 1.29 is 9.53 Å². The third kappa shape index (κ3) is 6.34. The van der Waals surface area contributed by atoms with Crippen LogP contribution < -0.4 is 21.3 Å². The second kappa shape index (κ2) is 12.5. The Labute approximate surface area is 265 Å². The number of nitrogens with two attached hydrogens (primary N) is 1. The van der Waals surface area contributed by atoms with E-state index in [0.717, 1.165) is 57.7 Å². The van der Waals surface area contributed by atoms with E-state index < -0.39 is 5.91 Å². The number of ether oxygens (including phenoxy) is 1. The summed E-state index contributed by atoms with van der Waals surface area (Å²) in [6.07, 6.45) is 7.23. The number of nitrogens with one attached hydrogen (secondary N) is 2. The molecule has 3 saturated heterocycles. The maximum absolute atomic E-state index is 12.7. The summed E-state index contributed by atoms with van der Waals surface area (Å²) < 4.78 is 5.82. The van der Waals surface area contributed by atoms with Gasteiger partial charge in [-0.1, -0.05) is 6.07 Å². The van der Waals surface area contributed by atoms with Gasteiger partial charge in [0, 0.05) is 80.9 Å². The number of likely N-dealkylation sites (N-methyl/N-ethyl adjacent to an activating group) is 1. The van der Waals surface area contributed by atoms with Gasteiger partial charge in [-0.25, -0.2) is 9.97 Å². The summed E-state index contributed by atoms with van der Waals surface area (Å²) in [5.41, 5.74) is 10.5. The third-order valence-electron chi connectivity index (χ3n) is 10.2. The second-order valence-corrected chi connectivity index (χ2v) is 13.3. The van der Waals surface area contributed by atoms with Gasteiger partial charge in [-0.2, -0.15) is 0 Å². The number of primary amides is 1. The average Bonchev–Trinajstić information content (AvgIpc) is 3.83. The Bertz CT molecular complexity index is 1510. The van der Waals surface area contributed by atoms with Crippen LogP contribution in [0.15, 0.2) is 42.6 Å². The topological polar surface area (TPSA) is 125 Å². The molecule has 7 rings (SSSR count). The predicted molar refractivity (Wildman–Crippen MR) is 177 cm³/mol. The first kappa shape index (κ1) is 29.9. The Balaban J connectivity index is 1.12. The van der Waals surface area contributed by atoms with Crippen molar-refractivity contribution in [3.05, 3.63) is 53.9 Å². The van der Waals surface area contributed by atoms with Crippen LogP contribution in [0.2, 0.25) is 0 Å². The Hall–Kier alpha value is -3.80. The number of amides is 1. The van der Waals surface area contributed by atoms with E-state index in [0.29, 0.717) is 35.7 Å². The number of carbonyl (C=O) groups is 1. The van der Waals surface area contributed by atoms with E-state index in [4.69, 9.17) is 20.4 Å². The van der Waals surface area contributed by atoms with Crippen LogP contribution in [0.4, 0.5) is 23.0 Å². The van der Waals surface area contributed by atoms with E-state index in [1.165, 1.54) is 37.2 Å². The van der Waals surface area contributed by atoms with Gasteiger partial charge < -0.3 is 30.9 Å². The van der Waals surface area contributed by atoms with Crippen molar-refractivity contribution in [3.8, 4) is 11.4 Å². The van der Waals surface area contributed by atoms with E-state index >= 15 is 0 Å². The number of piperazine rings is 1. The minimum atomic E-state index is -0.643. The zero-order chi connectivity index (χ0) is 31.0. The zero-order valence-electron chi connectivity index (χ0n) is 26.5. The zero-order valence-corrected chi connectivity index (χ0v) is 26.5. The summed E-state index contributed by atoms with van der Waals surface area (Å²) in [5, 5.41) is 7.07. The van der Waals surface area contributed by atoms with Crippen molar-refractivity contribution in [3.63, 3.8) is 0 Å². The first-order chi connectivity index (χ1) is 21.9. The number of hydrogen-bond donors (Lipinski definition) is 3. The van der Waals surface area contributed by atoms with Gasteiger partial charge in [0.25, 0.3) is 5.91 Å². The molecule has 5 heterocycles. The summed E-state index contributed by atoms with van der Waals surface area (Å²) in [6, 6.07) is 12.9. The SMILES string of the molecule is Cc1cc(Nc2nc(NC3CCOCC34CC4)c(-c3ccccn3)nc2C(N)=O)ccc1N1CCC(N2CCN(C)CC2)CC1.